The Balaban J connectivity index is 3.88. The molecule has 0 saturated carbocycles. The Morgan fingerprint density at radius 1 is 0.773 bits per heavy atom. The first-order valence-corrected chi connectivity index (χ1v) is 6.29. The van der Waals surface area contributed by atoms with Crippen LogP contribution in [-0.2, 0) is 38.1 Å². The van der Waals surface area contributed by atoms with Crippen molar-refractivity contribution in [1.82, 2.24) is 0 Å². The van der Waals surface area contributed by atoms with Crippen molar-refractivity contribution in [3.05, 3.63) is 0 Å². The molecule has 22 heavy (non-hydrogen) atoms. The van der Waals surface area contributed by atoms with Crippen LogP contribution in [-0.4, -0.2) is 63.4 Å². The van der Waals surface area contributed by atoms with Crippen molar-refractivity contribution in [3.63, 3.8) is 0 Å². The van der Waals surface area contributed by atoms with Crippen molar-refractivity contribution in [2.24, 2.45) is 11.5 Å². The zero-order chi connectivity index (χ0) is 17.1. The number of esters is 4. The maximum atomic E-state index is 11.4. The topological polar surface area (TPSA) is 157 Å². The van der Waals surface area contributed by atoms with Crippen LogP contribution in [0.15, 0.2) is 0 Å². The van der Waals surface area contributed by atoms with Gasteiger partial charge in [0.2, 0.25) is 0 Å². The van der Waals surface area contributed by atoms with Gasteiger partial charge in [0, 0.05) is 0 Å². The Kier molecular flexibility index (Phi) is 9.46. The summed E-state index contributed by atoms with van der Waals surface area (Å²) in [5.41, 5.74) is 10.8. The largest absolute Gasteiger partial charge is 0.469 e. The molecule has 0 fully saturated rings. The molecule has 0 unspecified atom stereocenters. The summed E-state index contributed by atoms with van der Waals surface area (Å²) in [4.78, 5) is 44.5. The summed E-state index contributed by atoms with van der Waals surface area (Å²) >= 11 is 0. The number of ether oxygens (including phenoxy) is 4. The van der Waals surface area contributed by atoms with Crippen LogP contribution in [0.2, 0.25) is 0 Å². The molecule has 0 amide bonds. The number of rotatable bonds is 9. The van der Waals surface area contributed by atoms with Gasteiger partial charge in [0.25, 0.3) is 0 Å². The minimum Gasteiger partial charge on any atom is -0.469 e. The zero-order valence-corrected chi connectivity index (χ0v) is 12.4. The highest BCUT2D eigenvalue weighted by Crippen LogP contribution is 1.97. The molecule has 0 aromatic carbocycles. The van der Waals surface area contributed by atoms with Crippen molar-refractivity contribution < 1.29 is 38.1 Å². The molecule has 0 aromatic rings. The monoisotopic (exact) mass is 320 g/mol. The van der Waals surface area contributed by atoms with Gasteiger partial charge in [-0.25, -0.2) is 0 Å². The normalized spacial score (nSPS) is 12.7. The van der Waals surface area contributed by atoms with Crippen molar-refractivity contribution in [1.29, 1.82) is 0 Å². The highest BCUT2D eigenvalue weighted by atomic mass is 16.6. The van der Waals surface area contributed by atoms with E-state index in [2.05, 4.69) is 9.47 Å². The van der Waals surface area contributed by atoms with Gasteiger partial charge in [0.1, 0.15) is 25.3 Å². The summed E-state index contributed by atoms with van der Waals surface area (Å²) in [5, 5.41) is 0. The first-order chi connectivity index (χ1) is 10.3. The van der Waals surface area contributed by atoms with Gasteiger partial charge in [0.05, 0.1) is 27.1 Å². The van der Waals surface area contributed by atoms with Crippen LogP contribution in [0.4, 0.5) is 0 Å². The fourth-order valence-corrected chi connectivity index (χ4v) is 1.22. The maximum absolute atomic E-state index is 11.4. The fourth-order valence-electron chi connectivity index (χ4n) is 1.22. The Labute approximate surface area is 127 Å². The molecular weight excluding hydrogens is 300 g/mol. The van der Waals surface area contributed by atoms with E-state index in [0.29, 0.717) is 0 Å². The number of hydrogen-bond donors (Lipinski definition) is 2. The highest BCUT2D eigenvalue weighted by Gasteiger charge is 2.20. The third kappa shape index (κ3) is 8.17. The van der Waals surface area contributed by atoms with E-state index in [9.17, 15) is 19.2 Å². The molecule has 0 aromatic heterocycles. The van der Waals surface area contributed by atoms with Crippen molar-refractivity contribution in [3.8, 4) is 0 Å². The SMILES string of the molecule is COC(=O)C[C@H](N)C(=O)OCCOC(=O)C[C@H](N)C(=O)OC. The molecule has 0 saturated heterocycles. The third-order valence-corrected chi connectivity index (χ3v) is 2.40. The lowest BCUT2D eigenvalue weighted by molar-refractivity contribution is -0.156. The Bertz CT molecular complexity index is 412. The molecule has 0 bridgehead atoms. The molecule has 0 radical (unpaired) electrons. The van der Waals surface area contributed by atoms with Gasteiger partial charge in [-0.05, 0) is 0 Å². The molecule has 0 aliphatic carbocycles. The molecule has 126 valence electrons. The molecule has 0 aliphatic rings. The van der Waals surface area contributed by atoms with Crippen LogP contribution in [0.5, 0.6) is 0 Å². The molecule has 10 nitrogen and oxygen atoms in total. The van der Waals surface area contributed by atoms with Gasteiger partial charge >= 0.3 is 23.9 Å². The van der Waals surface area contributed by atoms with Crippen LogP contribution < -0.4 is 11.5 Å². The van der Waals surface area contributed by atoms with Crippen LogP contribution in [0.1, 0.15) is 12.8 Å². The van der Waals surface area contributed by atoms with E-state index in [-0.39, 0.29) is 26.1 Å². The van der Waals surface area contributed by atoms with Crippen LogP contribution in [0, 0.1) is 0 Å². The minimum absolute atomic E-state index is 0.233. The fraction of sp³-hybridized carbons (Fsp3) is 0.667. The first-order valence-electron chi connectivity index (χ1n) is 6.29. The van der Waals surface area contributed by atoms with Gasteiger partial charge in [0.15, 0.2) is 0 Å². The van der Waals surface area contributed by atoms with Gasteiger partial charge in [-0.2, -0.15) is 0 Å². The Morgan fingerprint density at radius 2 is 1.27 bits per heavy atom. The molecular formula is C12H20N2O8. The quantitative estimate of drug-likeness (QED) is 0.272. The average molecular weight is 320 g/mol. The van der Waals surface area contributed by atoms with Crippen LogP contribution in [0.3, 0.4) is 0 Å². The Morgan fingerprint density at radius 3 is 1.82 bits per heavy atom. The molecule has 0 spiro atoms. The third-order valence-electron chi connectivity index (χ3n) is 2.40. The van der Waals surface area contributed by atoms with Crippen LogP contribution in [0.25, 0.3) is 0 Å². The van der Waals surface area contributed by atoms with E-state index in [1.54, 1.807) is 0 Å². The molecule has 0 heterocycles. The summed E-state index contributed by atoms with van der Waals surface area (Å²) in [6, 6.07) is -2.27. The molecule has 0 rings (SSSR count). The second-order valence-electron chi connectivity index (χ2n) is 4.11. The van der Waals surface area contributed by atoms with E-state index < -0.39 is 36.0 Å². The second-order valence-corrected chi connectivity index (χ2v) is 4.11. The second kappa shape index (κ2) is 10.5. The van der Waals surface area contributed by atoms with Gasteiger partial charge in [-0.1, -0.05) is 0 Å². The standard InChI is InChI=1S/C12H20N2O8/c1-19-9(15)5-8(14)12(18)22-4-3-21-10(16)6-7(13)11(17)20-2/h7-8H,3-6,13-14H2,1-2H3/t7-,8-/m0/s1. The minimum atomic E-state index is -1.16. The number of hydrogen-bond acceptors (Lipinski definition) is 10. The lowest BCUT2D eigenvalue weighted by Gasteiger charge is -2.11. The first kappa shape index (κ1) is 19.8. The molecule has 2 atom stereocenters. The predicted octanol–water partition coefficient (Wildman–Crippen LogP) is -2.15. The lowest BCUT2D eigenvalue weighted by Crippen LogP contribution is -2.36. The summed E-state index contributed by atoms with van der Waals surface area (Å²) in [6.45, 7) is -0.476. The van der Waals surface area contributed by atoms with E-state index in [0.717, 1.165) is 7.11 Å². The summed E-state index contributed by atoms with van der Waals surface area (Å²) in [6.07, 6.45) is -0.675. The van der Waals surface area contributed by atoms with Gasteiger partial charge in [-0.15, -0.1) is 0 Å². The van der Waals surface area contributed by atoms with Crippen LogP contribution >= 0.6 is 0 Å². The van der Waals surface area contributed by atoms with Crippen molar-refractivity contribution >= 4 is 23.9 Å². The highest BCUT2D eigenvalue weighted by molar-refractivity contribution is 5.83. The molecule has 0 aliphatic heterocycles. The Hall–Kier alpha value is -2.20. The number of methoxy groups -OCH3 is 2. The van der Waals surface area contributed by atoms with E-state index in [4.69, 9.17) is 20.9 Å². The van der Waals surface area contributed by atoms with Gasteiger partial charge in [-0.3, -0.25) is 19.2 Å². The number of carbonyl (C=O) groups excluding carboxylic acids is 4. The number of carbonyl (C=O) groups is 4. The van der Waals surface area contributed by atoms with E-state index in [1.807, 2.05) is 0 Å². The lowest BCUT2D eigenvalue weighted by atomic mass is 10.2. The summed E-state index contributed by atoms with van der Waals surface area (Å²) in [7, 11) is 2.31. The predicted molar refractivity (Wildman–Crippen MR) is 71.1 cm³/mol. The van der Waals surface area contributed by atoms with Gasteiger partial charge < -0.3 is 30.4 Å². The molecule has 10 heteroatoms. The number of nitrogens with two attached hydrogens (primary N) is 2. The van der Waals surface area contributed by atoms with Crippen molar-refractivity contribution in [2.45, 2.75) is 24.9 Å². The van der Waals surface area contributed by atoms with E-state index in [1.165, 1.54) is 7.11 Å². The summed E-state index contributed by atoms with van der Waals surface area (Å²) < 4.78 is 18.1. The maximum Gasteiger partial charge on any atom is 0.323 e. The average Bonchev–Trinajstić information content (AvgIpc) is 2.49. The van der Waals surface area contributed by atoms with E-state index >= 15 is 0 Å². The van der Waals surface area contributed by atoms with Crippen molar-refractivity contribution in [2.75, 3.05) is 27.4 Å². The zero-order valence-electron chi connectivity index (χ0n) is 12.4. The summed E-state index contributed by atoms with van der Waals surface area (Å²) in [5.74, 6) is -2.95. The molecule has 4 N–H and O–H groups in total. The smallest absolute Gasteiger partial charge is 0.323 e.